The first-order chi connectivity index (χ1) is 12.6. The van der Waals surface area contributed by atoms with Gasteiger partial charge in [0.2, 0.25) is 0 Å². The number of hydrogen-bond donors (Lipinski definition) is 1. The standard InChI is InChI=1S/C22H34O4S/c1-22(2,3)26-18-14-19(16-10-6-4-7-11-16)21(27(23,24)25)20(15-18)17-12-8-5-9-13-17/h14-17H,4-13H2,1-3H3,(H,23,24,25). The van der Waals surface area contributed by atoms with E-state index >= 15 is 0 Å². The molecule has 1 aromatic carbocycles. The molecular formula is C22H34O4S. The third kappa shape index (κ3) is 5.26. The van der Waals surface area contributed by atoms with Crippen LogP contribution in [0.5, 0.6) is 5.75 Å². The van der Waals surface area contributed by atoms with E-state index in [1.54, 1.807) is 0 Å². The molecule has 2 aliphatic carbocycles. The minimum atomic E-state index is -4.28. The Kier molecular flexibility index (Phi) is 6.21. The molecule has 2 aliphatic rings. The highest BCUT2D eigenvalue weighted by Gasteiger charge is 2.32. The fraction of sp³-hybridized carbons (Fsp3) is 0.727. The van der Waals surface area contributed by atoms with E-state index in [9.17, 15) is 13.0 Å². The maximum atomic E-state index is 12.5. The van der Waals surface area contributed by atoms with Gasteiger partial charge in [0, 0.05) is 0 Å². The average molecular weight is 395 g/mol. The van der Waals surface area contributed by atoms with Crippen LogP contribution in [0.1, 0.15) is 108 Å². The summed E-state index contributed by atoms with van der Waals surface area (Å²) in [5.74, 6) is 1.10. The van der Waals surface area contributed by atoms with Crippen molar-refractivity contribution in [1.82, 2.24) is 0 Å². The number of benzene rings is 1. The van der Waals surface area contributed by atoms with Gasteiger partial charge in [-0.3, -0.25) is 4.55 Å². The molecule has 0 aliphatic heterocycles. The zero-order chi connectivity index (χ0) is 19.7. The summed E-state index contributed by atoms with van der Waals surface area (Å²) in [6.07, 6.45) is 10.7. The van der Waals surface area contributed by atoms with Gasteiger partial charge in [-0.1, -0.05) is 38.5 Å². The van der Waals surface area contributed by atoms with Gasteiger partial charge >= 0.3 is 0 Å². The molecule has 0 atom stereocenters. The maximum absolute atomic E-state index is 12.5. The van der Waals surface area contributed by atoms with Crippen LogP contribution in [0.15, 0.2) is 17.0 Å². The fourth-order valence-electron chi connectivity index (χ4n) is 4.79. The highest BCUT2D eigenvalue weighted by molar-refractivity contribution is 7.86. The van der Waals surface area contributed by atoms with Crippen molar-refractivity contribution < 1.29 is 17.7 Å². The van der Waals surface area contributed by atoms with Crippen molar-refractivity contribution in [3.8, 4) is 5.75 Å². The monoisotopic (exact) mass is 394 g/mol. The summed E-state index contributed by atoms with van der Waals surface area (Å²) in [5.41, 5.74) is 1.20. The van der Waals surface area contributed by atoms with E-state index in [1.165, 1.54) is 12.8 Å². The van der Waals surface area contributed by atoms with Gasteiger partial charge in [-0.15, -0.1) is 0 Å². The molecule has 1 aromatic rings. The first-order valence-corrected chi connectivity index (χ1v) is 11.9. The molecule has 0 radical (unpaired) electrons. The van der Waals surface area contributed by atoms with Crippen LogP contribution in [0.2, 0.25) is 0 Å². The van der Waals surface area contributed by atoms with Gasteiger partial charge in [0.25, 0.3) is 10.1 Å². The van der Waals surface area contributed by atoms with Gasteiger partial charge in [0.15, 0.2) is 0 Å². The second-order valence-corrected chi connectivity index (χ2v) is 10.6. The van der Waals surface area contributed by atoms with Crippen molar-refractivity contribution in [2.24, 2.45) is 0 Å². The molecule has 2 saturated carbocycles. The summed E-state index contributed by atoms with van der Waals surface area (Å²) in [7, 11) is -4.28. The van der Waals surface area contributed by atoms with E-state index in [0.29, 0.717) is 0 Å². The zero-order valence-corrected chi connectivity index (χ0v) is 17.8. The largest absolute Gasteiger partial charge is 0.488 e. The quantitative estimate of drug-likeness (QED) is 0.617. The molecule has 0 heterocycles. The number of ether oxygens (including phenoxy) is 1. The van der Waals surface area contributed by atoms with Crippen LogP contribution in [-0.4, -0.2) is 18.6 Å². The van der Waals surface area contributed by atoms with E-state index < -0.39 is 10.1 Å². The average Bonchev–Trinajstić information content (AvgIpc) is 2.60. The van der Waals surface area contributed by atoms with Crippen LogP contribution >= 0.6 is 0 Å². The lowest BCUT2D eigenvalue weighted by Gasteiger charge is -2.30. The van der Waals surface area contributed by atoms with E-state index in [-0.39, 0.29) is 22.3 Å². The van der Waals surface area contributed by atoms with Gasteiger partial charge in [0.05, 0.1) is 0 Å². The SMILES string of the molecule is CC(C)(C)Oc1cc(C2CCCCC2)c(S(=O)(=O)O)c(C2CCCCC2)c1. The van der Waals surface area contributed by atoms with Gasteiger partial charge in [-0.25, -0.2) is 0 Å². The topological polar surface area (TPSA) is 63.6 Å². The van der Waals surface area contributed by atoms with Crippen LogP contribution in [0.3, 0.4) is 0 Å². The summed E-state index contributed by atoms with van der Waals surface area (Å²) in [6.45, 7) is 6.01. The lowest BCUT2D eigenvalue weighted by molar-refractivity contribution is 0.130. The minimum Gasteiger partial charge on any atom is -0.488 e. The third-order valence-electron chi connectivity index (χ3n) is 5.89. The van der Waals surface area contributed by atoms with Gasteiger partial charge < -0.3 is 4.74 Å². The van der Waals surface area contributed by atoms with E-state index in [1.807, 2.05) is 32.9 Å². The lowest BCUT2D eigenvalue weighted by atomic mass is 9.79. The normalized spacial score (nSPS) is 20.6. The Hall–Kier alpha value is -1.07. The Labute approximate surface area is 164 Å². The molecule has 152 valence electrons. The van der Waals surface area contributed by atoms with Crippen molar-refractivity contribution in [3.63, 3.8) is 0 Å². The highest BCUT2D eigenvalue weighted by atomic mass is 32.2. The third-order valence-corrected chi connectivity index (χ3v) is 6.88. The summed E-state index contributed by atoms with van der Waals surface area (Å²) in [6, 6.07) is 3.77. The van der Waals surface area contributed by atoms with Gasteiger partial charge in [-0.05, 0) is 81.5 Å². The summed E-state index contributed by atoms with van der Waals surface area (Å²) < 4.78 is 41.3. The van der Waals surface area contributed by atoms with E-state index in [0.717, 1.165) is 68.2 Å². The minimum absolute atomic E-state index is 0.182. The van der Waals surface area contributed by atoms with Crippen LogP contribution < -0.4 is 4.74 Å². The molecule has 5 heteroatoms. The molecule has 1 N–H and O–H groups in total. The molecule has 0 aromatic heterocycles. The molecule has 0 saturated heterocycles. The molecule has 0 spiro atoms. The van der Waals surface area contributed by atoms with Crippen molar-refractivity contribution >= 4 is 10.1 Å². The van der Waals surface area contributed by atoms with Crippen LogP contribution in [0.25, 0.3) is 0 Å². The molecule has 0 amide bonds. The lowest BCUT2D eigenvalue weighted by Crippen LogP contribution is -2.24. The maximum Gasteiger partial charge on any atom is 0.295 e. The molecular weight excluding hydrogens is 360 g/mol. The zero-order valence-electron chi connectivity index (χ0n) is 17.0. The summed E-state index contributed by atoms with van der Waals surface area (Å²) in [4.78, 5) is 0.183. The van der Waals surface area contributed by atoms with Crippen molar-refractivity contribution in [2.75, 3.05) is 0 Å². The second-order valence-electron chi connectivity index (χ2n) is 9.29. The van der Waals surface area contributed by atoms with Crippen LogP contribution in [0.4, 0.5) is 0 Å². The summed E-state index contributed by atoms with van der Waals surface area (Å²) >= 11 is 0. The molecule has 0 unspecified atom stereocenters. The Morgan fingerprint density at radius 1 is 0.852 bits per heavy atom. The Morgan fingerprint density at radius 3 is 1.59 bits per heavy atom. The molecule has 0 bridgehead atoms. The predicted molar refractivity (Wildman–Crippen MR) is 108 cm³/mol. The predicted octanol–water partition coefficient (Wildman–Crippen LogP) is 6.21. The van der Waals surface area contributed by atoms with Crippen molar-refractivity contribution in [1.29, 1.82) is 0 Å². The molecule has 27 heavy (non-hydrogen) atoms. The van der Waals surface area contributed by atoms with E-state index in [4.69, 9.17) is 4.74 Å². The van der Waals surface area contributed by atoms with Gasteiger partial charge in [0.1, 0.15) is 16.2 Å². The fourth-order valence-corrected chi connectivity index (χ4v) is 5.84. The van der Waals surface area contributed by atoms with Crippen LogP contribution in [-0.2, 0) is 10.1 Å². The smallest absolute Gasteiger partial charge is 0.295 e. The number of rotatable bonds is 4. The number of hydrogen-bond acceptors (Lipinski definition) is 3. The highest BCUT2D eigenvalue weighted by Crippen LogP contribution is 2.44. The van der Waals surface area contributed by atoms with Crippen molar-refractivity contribution in [2.45, 2.75) is 107 Å². The Morgan fingerprint density at radius 2 is 1.26 bits per heavy atom. The van der Waals surface area contributed by atoms with Crippen molar-refractivity contribution in [3.05, 3.63) is 23.3 Å². The molecule has 4 nitrogen and oxygen atoms in total. The van der Waals surface area contributed by atoms with Crippen LogP contribution in [0, 0.1) is 0 Å². The Balaban J connectivity index is 2.16. The summed E-state index contributed by atoms with van der Waals surface area (Å²) in [5, 5.41) is 0. The second kappa shape index (κ2) is 8.12. The first kappa shape index (κ1) is 20.7. The Bertz CT molecular complexity index is 710. The van der Waals surface area contributed by atoms with E-state index in [2.05, 4.69) is 0 Å². The molecule has 3 rings (SSSR count). The molecule has 2 fully saturated rings. The van der Waals surface area contributed by atoms with Gasteiger partial charge in [-0.2, -0.15) is 8.42 Å². The first-order valence-electron chi connectivity index (χ1n) is 10.5.